The van der Waals surface area contributed by atoms with Crippen LogP contribution in [0.15, 0.2) is 51.8 Å². The summed E-state index contributed by atoms with van der Waals surface area (Å²) in [6, 6.07) is 4.42. The van der Waals surface area contributed by atoms with Crippen LogP contribution in [0, 0.1) is 0 Å². The Morgan fingerprint density at radius 2 is 2.07 bits per heavy atom. The number of ether oxygens (including phenoxy) is 1. The van der Waals surface area contributed by atoms with Crippen molar-refractivity contribution in [2.45, 2.75) is 76.4 Å². The molecule has 4 nitrogen and oxygen atoms in total. The van der Waals surface area contributed by atoms with Crippen molar-refractivity contribution < 1.29 is 9.15 Å². The highest BCUT2D eigenvalue weighted by Gasteiger charge is 2.38. The van der Waals surface area contributed by atoms with Crippen LogP contribution in [0.25, 0.3) is 0 Å². The van der Waals surface area contributed by atoms with Crippen molar-refractivity contribution in [3.8, 4) is 0 Å². The molecular formula is C25H34N2O2. The summed E-state index contributed by atoms with van der Waals surface area (Å²) in [5, 5.41) is 3.49. The predicted molar refractivity (Wildman–Crippen MR) is 115 cm³/mol. The van der Waals surface area contributed by atoms with E-state index in [9.17, 15) is 0 Å². The van der Waals surface area contributed by atoms with Crippen LogP contribution in [0.2, 0.25) is 0 Å². The number of piperidine rings is 1. The van der Waals surface area contributed by atoms with Crippen LogP contribution in [0.4, 0.5) is 0 Å². The van der Waals surface area contributed by atoms with Gasteiger partial charge in [0.1, 0.15) is 22.9 Å². The van der Waals surface area contributed by atoms with Crippen molar-refractivity contribution >= 4 is 0 Å². The normalized spacial score (nSPS) is 26.7. The second kappa shape index (κ2) is 8.06. The van der Waals surface area contributed by atoms with Crippen LogP contribution in [0.5, 0.6) is 0 Å². The smallest absolute Gasteiger partial charge is 0.138 e. The molecule has 29 heavy (non-hydrogen) atoms. The van der Waals surface area contributed by atoms with Crippen LogP contribution >= 0.6 is 0 Å². The van der Waals surface area contributed by atoms with Gasteiger partial charge in [0, 0.05) is 18.9 Å². The van der Waals surface area contributed by atoms with E-state index in [4.69, 9.17) is 9.15 Å². The first-order valence-electron chi connectivity index (χ1n) is 11.5. The first-order chi connectivity index (χ1) is 14.2. The molecule has 0 radical (unpaired) electrons. The molecule has 0 bridgehead atoms. The molecule has 0 amide bonds. The zero-order valence-electron chi connectivity index (χ0n) is 17.7. The summed E-state index contributed by atoms with van der Waals surface area (Å²) >= 11 is 0. The molecule has 2 aliphatic heterocycles. The maximum absolute atomic E-state index is 6.70. The molecule has 1 N–H and O–H groups in total. The Morgan fingerprint density at radius 1 is 1.17 bits per heavy atom. The third-order valence-corrected chi connectivity index (χ3v) is 7.17. The average Bonchev–Trinajstić information content (AvgIpc) is 3.15. The molecule has 1 aromatic heterocycles. The highest BCUT2D eigenvalue weighted by molar-refractivity contribution is 5.27. The van der Waals surface area contributed by atoms with Crippen LogP contribution in [0.3, 0.4) is 0 Å². The van der Waals surface area contributed by atoms with Gasteiger partial charge in [0.05, 0.1) is 12.2 Å². The van der Waals surface area contributed by atoms with Crippen LogP contribution < -0.4 is 5.32 Å². The second-order valence-corrected chi connectivity index (χ2v) is 9.29. The molecule has 5 rings (SSSR count). The van der Waals surface area contributed by atoms with Gasteiger partial charge < -0.3 is 19.4 Å². The summed E-state index contributed by atoms with van der Waals surface area (Å²) in [4.78, 5) is 2.53. The first kappa shape index (κ1) is 19.0. The molecule has 1 atom stereocenters. The molecule has 1 unspecified atom stereocenters. The van der Waals surface area contributed by atoms with Gasteiger partial charge in [-0.2, -0.15) is 0 Å². The van der Waals surface area contributed by atoms with E-state index in [0.29, 0.717) is 5.92 Å². The summed E-state index contributed by atoms with van der Waals surface area (Å²) < 4.78 is 13.1. The van der Waals surface area contributed by atoms with E-state index >= 15 is 0 Å². The van der Waals surface area contributed by atoms with Crippen molar-refractivity contribution in [3.05, 3.63) is 58.9 Å². The SMILES string of the molecule is CC1=CCCC(c2ccc(CN3CCC4(CCNCC4)OC4=C3CCC=C4)o2)C1. The highest BCUT2D eigenvalue weighted by Crippen LogP contribution is 2.39. The van der Waals surface area contributed by atoms with Crippen LogP contribution in [-0.2, 0) is 11.3 Å². The molecule has 1 fully saturated rings. The quantitative estimate of drug-likeness (QED) is 0.697. The van der Waals surface area contributed by atoms with E-state index in [0.717, 1.165) is 76.2 Å². The minimum absolute atomic E-state index is 0.00253. The lowest BCUT2D eigenvalue weighted by molar-refractivity contribution is -0.0213. The van der Waals surface area contributed by atoms with E-state index in [1.807, 2.05) is 0 Å². The molecular weight excluding hydrogens is 360 g/mol. The maximum atomic E-state index is 6.70. The molecule has 1 aromatic rings. The van der Waals surface area contributed by atoms with Crippen molar-refractivity contribution in [3.63, 3.8) is 0 Å². The number of nitrogens with zero attached hydrogens (tertiary/aromatic N) is 1. The number of allylic oxidation sites excluding steroid dienone is 5. The highest BCUT2D eigenvalue weighted by atomic mass is 16.5. The zero-order chi connectivity index (χ0) is 19.7. The van der Waals surface area contributed by atoms with Gasteiger partial charge in [-0.15, -0.1) is 0 Å². The molecule has 0 aromatic carbocycles. The molecule has 1 spiro atoms. The number of nitrogens with one attached hydrogen (secondary N) is 1. The zero-order valence-corrected chi connectivity index (χ0v) is 17.7. The number of rotatable bonds is 3. The fourth-order valence-corrected chi connectivity index (χ4v) is 5.44. The van der Waals surface area contributed by atoms with Gasteiger partial charge in [-0.25, -0.2) is 0 Å². The van der Waals surface area contributed by atoms with E-state index in [2.05, 4.69) is 47.5 Å². The third-order valence-electron chi connectivity index (χ3n) is 7.17. The topological polar surface area (TPSA) is 37.6 Å². The van der Waals surface area contributed by atoms with Gasteiger partial charge in [0.25, 0.3) is 0 Å². The lowest BCUT2D eigenvalue weighted by atomic mass is 9.88. The second-order valence-electron chi connectivity index (χ2n) is 9.29. The Kier molecular flexibility index (Phi) is 5.29. The first-order valence-corrected chi connectivity index (χ1v) is 11.5. The third kappa shape index (κ3) is 4.05. The molecule has 0 saturated carbocycles. The van der Waals surface area contributed by atoms with E-state index < -0.39 is 0 Å². The lowest BCUT2D eigenvalue weighted by Gasteiger charge is -2.37. The molecule has 156 valence electrons. The summed E-state index contributed by atoms with van der Waals surface area (Å²) in [7, 11) is 0. The standard InChI is InChI=1S/C25H34N2O2/c1-19-5-4-6-20(17-19)23-10-9-21(28-23)18-27-16-13-25(11-14-26-15-12-25)29-24-8-3-2-7-22(24)27/h3,5,8-10,20,26H,2,4,6-7,11-18H2,1H3. The van der Waals surface area contributed by atoms with Gasteiger partial charge in [-0.05, 0) is 83.2 Å². The number of hydrogen-bond donors (Lipinski definition) is 1. The molecule has 4 heteroatoms. The maximum Gasteiger partial charge on any atom is 0.138 e. The van der Waals surface area contributed by atoms with Gasteiger partial charge in [-0.3, -0.25) is 0 Å². The minimum Gasteiger partial charge on any atom is -0.485 e. The number of hydrogen-bond acceptors (Lipinski definition) is 4. The van der Waals surface area contributed by atoms with E-state index in [-0.39, 0.29) is 5.60 Å². The Bertz CT molecular complexity index is 826. The molecule has 3 heterocycles. The summed E-state index contributed by atoms with van der Waals surface area (Å²) in [5.74, 6) is 3.92. The van der Waals surface area contributed by atoms with Crippen LogP contribution in [-0.4, -0.2) is 30.1 Å². The molecule has 2 aliphatic carbocycles. The van der Waals surface area contributed by atoms with Gasteiger partial charge in [0.15, 0.2) is 0 Å². The summed E-state index contributed by atoms with van der Waals surface area (Å²) in [6.45, 7) is 6.26. The summed E-state index contributed by atoms with van der Waals surface area (Å²) in [5.41, 5.74) is 2.87. The number of furan rings is 1. The Hall–Kier alpha value is -1.94. The Morgan fingerprint density at radius 3 is 2.93 bits per heavy atom. The van der Waals surface area contributed by atoms with E-state index in [1.165, 1.54) is 29.9 Å². The predicted octanol–water partition coefficient (Wildman–Crippen LogP) is 5.40. The van der Waals surface area contributed by atoms with Gasteiger partial charge in [-0.1, -0.05) is 17.7 Å². The lowest BCUT2D eigenvalue weighted by Crippen LogP contribution is -2.44. The van der Waals surface area contributed by atoms with Crippen molar-refractivity contribution in [2.75, 3.05) is 19.6 Å². The molecule has 1 saturated heterocycles. The minimum atomic E-state index is 0.00253. The fourth-order valence-electron chi connectivity index (χ4n) is 5.44. The Balaban J connectivity index is 1.34. The average molecular weight is 395 g/mol. The summed E-state index contributed by atoms with van der Waals surface area (Å²) in [6.07, 6.45) is 15.8. The van der Waals surface area contributed by atoms with Crippen molar-refractivity contribution in [2.24, 2.45) is 0 Å². The van der Waals surface area contributed by atoms with Gasteiger partial charge >= 0.3 is 0 Å². The van der Waals surface area contributed by atoms with Crippen LogP contribution in [0.1, 0.15) is 75.7 Å². The molecule has 4 aliphatic rings. The van der Waals surface area contributed by atoms with Crippen molar-refractivity contribution in [1.82, 2.24) is 10.2 Å². The monoisotopic (exact) mass is 394 g/mol. The fraction of sp³-hybridized carbons (Fsp3) is 0.600. The largest absolute Gasteiger partial charge is 0.485 e. The van der Waals surface area contributed by atoms with Crippen molar-refractivity contribution in [1.29, 1.82) is 0 Å². The Labute approximate surface area is 174 Å². The van der Waals surface area contributed by atoms with E-state index in [1.54, 1.807) is 0 Å². The van der Waals surface area contributed by atoms with Gasteiger partial charge in [0.2, 0.25) is 0 Å².